The fraction of sp³-hybridized carbons (Fsp3) is 0.0500. The van der Waals surface area contributed by atoms with Crippen LogP contribution in [-0.4, -0.2) is 14.3 Å². The van der Waals surface area contributed by atoms with Gasteiger partial charge in [-0.05, 0) is 29.8 Å². The van der Waals surface area contributed by atoms with Crippen molar-refractivity contribution in [3.63, 3.8) is 0 Å². The minimum absolute atomic E-state index is 0.0477. The van der Waals surface area contributed by atoms with E-state index < -0.39 is 4.92 Å². The monoisotopic (exact) mass is 345 g/mol. The topological polar surface area (TPSA) is 70.1 Å². The van der Waals surface area contributed by atoms with Gasteiger partial charge < -0.3 is 0 Å². The largest absolute Gasteiger partial charge is 0.279 e. The Bertz CT molecular complexity index is 1140. The number of rotatable bonds is 4. The standard InChI is InChI=1S/C20H15N3O3/c24-20-18-8-4-5-9-19(18)21(22(20)16-6-2-1-3-7-16)14-15-10-12-17(13-11-15)23(25)26/h1-13H,14H2. The molecule has 0 fully saturated rings. The molecule has 128 valence electrons. The number of nitro groups is 1. The number of non-ortho nitro benzene ring substituents is 1. The molecule has 6 heteroatoms. The third-order valence-corrected chi connectivity index (χ3v) is 4.33. The summed E-state index contributed by atoms with van der Waals surface area (Å²) in [4.78, 5) is 23.4. The summed E-state index contributed by atoms with van der Waals surface area (Å²) in [6, 6.07) is 23.3. The van der Waals surface area contributed by atoms with Crippen LogP contribution in [0.3, 0.4) is 0 Å². The number of para-hydroxylation sites is 2. The Morgan fingerprint density at radius 3 is 2.19 bits per heavy atom. The van der Waals surface area contributed by atoms with Gasteiger partial charge >= 0.3 is 0 Å². The zero-order valence-corrected chi connectivity index (χ0v) is 13.8. The second kappa shape index (κ2) is 6.33. The molecule has 0 bridgehead atoms. The van der Waals surface area contributed by atoms with E-state index in [1.807, 2.05) is 59.3 Å². The van der Waals surface area contributed by atoms with E-state index in [9.17, 15) is 14.9 Å². The number of nitro benzene ring substituents is 1. The van der Waals surface area contributed by atoms with E-state index in [1.165, 1.54) is 12.1 Å². The summed E-state index contributed by atoms with van der Waals surface area (Å²) in [5, 5.41) is 11.5. The molecule has 0 unspecified atom stereocenters. The van der Waals surface area contributed by atoms with Gasteiger partial charge in [0.2, 0.25) is 0 Å². The second-order valence-electron chi connectivity index (χ2n) is 5.95. The van der Waals surface area contributed by atoms with Gasteiger partial charge in [-0.3, -0.25) is 19.6 Å². The van der Waals surface area contributed by atoms with Gasteiger partial charge in [0.15, 0.2) is 0 Å². The number of fused-ring (bicyclic) bond motifs is 1. The molecule has 3 aromatic carbocycles. The van der Waals surface area contributed by atoms with E-state index in [4.69, 9.17) is 0 Å². The number of nitrogens with zero attached hydrogens (tertiary/aromatic N) is 3. The Labute approximate surface area is 148 Å². The first-order valence-electron chi connectivity index (χ1n) is 8.14. The molecule has 0 N–H and O–H groups in total. The lowest BCUT2D eigenvalue weighted by molar-refractivity contribution is -0.384. The van der Waals surface area contributed by atoms with Crippen molar-refractivity contribution in [1.82, 2.24) is 9.36 Å². The molecule has 0 aliphatic carbocycles. The normalized spacial score (nSPS) is 10.9. The molecule has 0 amide bonds. The highest BCUT2D eigenvalue weighted by atomic mass is 16.6. The van der Waals surface area contributed by atoms with Gasteiger partial charge in [-0.2, -0.15) is 0 Å². The van der Waals surface area contributed by atoms with Gasteiger partial charge in [-0.25, -0.2) is 4.68 Å². The van der Waals surface area contributed by atoms with Gasteiger partial charge in [0, 0.05) is 12.1 Å². The first kappa shape index (κ1) is 15.8. The van der Waals surface area contributed by atoms with Crippen molar-refractivity contribution in [2.75, 3.05) is 0 Å². The van der Waals surface area contributed by atoms with Crippen molar-refractivity contribution in [2.45, 2.75) is 6.54 Å². The van der Waals surface area contributed by atoms with Gasteiger partial charge in [0.1, 0.15) is 0 Å². The van der Waals surface area contributed by atoms with Crippen LogP contribution < -0.4 is 5.56 Å². The molecule has 4 aromatic rings. The zero-order valence-electron chi connectivity index (χ0n) is 13.8. The van der Waals surface area contributed by atoms with Crippen molar-refractivity contribution in [3.8, 4) is 5.69 Å². The maximum Gasteiger partial charge on any atom is 0.279 e. The molecule has 0 saturated heterocycles. The van der Waals surface area contributed by atoms with Crippen LogP contribution in [0.5, 0.6) is 0 Å². The van der Waals surface area contributed by atoms with Crippen LogP contribution in [0.1, 0.15) is 5.56 Å². The molecular weight excluding hydrogens is 330 g/mol. The maximum atomic E-state index is 12.9. The Morgan fingerprint density at radius 2 is 1.50 bits per heavy atom. The van der Waals surface area contributed by atoms with Crippen molar-refractivity contribution in [1.29, 1.82) is 0 Å². The Morgan fingerprint density at radius 1 is 0.846 bits per heavy atom. The van der Waals surface area contributed by atoms with Crippen LogP contribution in [0.25, 0.3) is 16.6 Å². The first-order valence-corrected chi connectivity index (χ1v) is 8.14. The van der Waals surface area contributed by atoms with Gasteiger partial charge in [0.25, 0.3) is 11.2 Å². The van der Waals surface area contributed by atoms with Crippen LogP contribution in [0, 0.1) is 10.1 Å². The van der Waals surface area contributed by atoms with E-state index in [2.05, 4.69) is 0 Å². The van der Waals surface area contributed by atoms with Gasteiger partial charge in [0.05, 0.1) is 28.1 Å². The minimum atomic E-state index is -0.422. The molecule has 0 atom stereocenters. The third-order valence-electron chi connectivity index (χ3n) is 4.33. The lowest BCUT2D eigenvalue weighted by Gasteiger charge is -2.13. The van der Waals surface area contributed by atoms with Crippen LogP contribution in [-0.2, 0) is 6.54 Å². The Balaban J connectivity index is 1.88. The molecule has 0 radical (unpaired) electrons. The molecule has 0 aliphatic heterocycles. The summed E-state index contributed by atoms with van der Waals surface area (Å²) in [6.07, 6.45) is 0. The van der Waals surface area contributed by atoms with E-state index in [1.54, 1.807) is 16.8 Å². The van der Waals surface area contributed by atoms with Crippen molar-refractivity contribution >= 4 is 16.6 Å². The fourth-order valence-corrected chi connectivity index (χ4v) is 3.09. The molecular formula is C20H15N3O3. The van der Waals surface area contributed by atoms with E-state index in [0.29, 0.717) is 11.9 Å². The lowest BCUT2D eigenvalue weighted by Crippen LogP contribution is -2.21. The van der Waals surface area contributed by atoms with Crippen molar-refractivity contribution in [2.24, 2.45) is 0 Å². The minimum Gasteiger partial charge on any atom is -0.273 e. The predicted molar refractivity (Wildman–Crippen MR) is 99.7 cm³/mol. The van der Waals surface area contributed by atoms with Crippen LogP contribution in [0.15, 0.2) is 83.7 Å². The fourth-order valence-electron chi connectivity index (χ4n) is 3.09. The summed E-state index contributed by atoms with van der Waals surface area (Å²) < 4.78 is 3.54. The number of aromatic nitrogens is 2. The summed E-state index contributed by atoms with van der Waals surface area (Å²) in [6.45, 7) is 0.426. The molecule has 0 spiro atoms. The molecule has 0 saturated carbocycles. The summed E-state index contributed by atoms with van der Waals surface area (Å²) >= 11 is 0. The van der Waals surface area contributed by atoms with E-state index in [0.717, 1.165) is 16.8 Å². The van der Waals surface area contributed by atoms with Gasteiger partial charge in [-0.15, -0.1) is 0 Å². The number of benzene rings is 3. The summed E-state index contributed by atoms with van der Waals surface area (Å²) in [7, 11) is 0. The Kier molecular flexibility index (Phi) is 3.85. The quantitative estimate of drug-likeness (QED) is 0.418. The SMILES string of the molecule is O=c1c2ccccc2n(Cc2ccc([N+](=O)[O-])cc2)n1-c1ccccc1. The predicted octanol–water partition coefficient (Wildman–Crippen LogP) is 3.75. The third kappa shape index (κ3) is 2.67. The Hall–Kier alpha value is -3.67. The highest BCUT2D eigenvalue weighted by Gasteiger charge is 2.15. The maximum absolute atomic E-state index is 12.9. The molecule has 6 nitrogen and oxygen atoms in total. The summed E-state index contributed by atoms with van der Waals surface area (Å²) in [5.41, 5.74) is 2.43. The molecule has 1 aromatic heterocycles. The van der Waals surface area contributed by atoms with Crippen LogP contribution >= 0.6 is 0 Å². The van der Waals surface area contributed by atoms with E-state index in [-0.39, 0.29) is 11.2 Å². The average molecular weight is 345 g/mol. The zero-order chi connectivity index (χ0) is 18.1. The molecule has 0 aliphatic rings. The van der Waals surface area contributed by atoms with Gasteiger partial charge in [-0.1, -0.05) is 42.5 Å². The van der Waals surface area contributed by atoms with Crippen molar-refractivity contribution in [3.05, 3.63) is 105 Å². The van der Waals surface area contributed by atoms with Crippen LogP contribution in [0.4, 0.5) is 5.69 Å². The highest BCUT2D eigenvalue weighted by molar-refractivity contribution is 5.79. The van der Waals surface area contributed by atoms with E-state index >= 15 is 0 Å². The molecule has 4 rings (SSSR count). The van der Waals surface area contributed by atoms with Crippen LogP contribution in [0.2, 0.25) is 0 Å². The molecule has 1 heterocycles. The number of hydrogen-bond acceptors (Lipinski definition) is 3. The molecule has 26 heavy (non-hydrogen) atoms. The first-order chi connectivity index (χ1) is 12.6. The summed E-state index contributed by atoms with van der Waals surface area (Å²) in [5.74, 6) is 0. The average Bonchev–Trinajstić information content (AvgIpc) is 2.95. The highest BCUT2D eigenvalue weighted by Crippen LogP contribution is 2.18. The lowest BCUT2D eigenvalue weighted by atomic mass is 10.2. The number of hydrogen-bond donors (Lipinski definition) is 0. The van der Waals surface area contributed by atoms with Crippen molar-refractivity contribution < 1.29 is 4.92 Å². The smallest absolute Gasteiger partial charge is 0.273 e. The second-order valence-corrected chi connectivity index (χ2v) is 5.95.